The highest BCUT2D eigenvalue weighted by Crippen LogP contribution is 2.35. The van der Waals surface area contributed by atoms with Crippen molar-refractivity contribution in [3.63, 3.8) is 0 Å². The Morgan fingerprint density at radius 2 is 1.15 bits per heavy atom. The first-order valence-corrected chi connectivity index (χ1v) is 7.97. The van der Waals surface area contributed by atoms with Crippen LogP contribution < -0.4 is 4.74 Å². The summed E-state index contributed by atoms with van der Waals surface area (Å²) in [5.74, 6) is -0.0800. The van der Waals surface area contributed by atoms with Crippen LogP contribution in [0.5, 0.6) is 11.5 Å². The molecule has 0 saturated heterocycles. The molecule has 0 aliphatic heterocycles. The highest BCUT2D eigenvalue weighted by Gasteiger charge is 2.44. The van der Waals surface area contributed by atoms with Crippen LogP contribution in [-0.4, -0.2) is 28.3 Å². The fraction of sp³-hybridized carbons (Fsp3) is 0.0769. The third-order valence-electron chi connectivity index (χ3n) is 2.64. The molecule has 0 saturated carbocycles. The van der Waals surface area contributed by atoms with Gasteiger partial charge in [0.1, 0.15) is 0 Å². The van der Waals surface area contributed by atoms with Gasteiger partial charge in [-0.3, -0.25) is 24.8 Å². The van der Waals surface area contributed by atoms with E-state index >= 15 is 0 Å². The molecule has 0 fully saturated rings. The summed E-state index contributed by atoms with van der Waals surface area (Å²) in [4.78, 5) is 20.4. The molecule has 0 aliphatic rings. The molecular formula is C13H9F3N2O8S. The first kappa shape index (κ1) is 21.8. The van der Waals surface area contributed by atoms with Gasteiger partial charge >= 0.3 is 27.0 Å². The van der Waals surface area contributed by atoms with Gasteiger partial charge in [0.25, 0.3) is 0 Å². The SMILES string of the molecule is O=S(=O)(O)C(F)(F)F.O=[N+]([O-])c1ccccc1Oc1ccccc1[N+](=O)[O-]. The fourth-order valence-corrected chi connectivity index (χ4v) is 1.51. The van der Waals surface area contributed by atoms with Crippen LogP contribution >= 0.6 is 0 Å². The molecule has 0 amide bonds. The van der Waals surface area contributed by atoms with Gasteiger partial charge in [0.2, 0.25) is 11.5 Å². The molecule has 10 nitrogen and oxygen atoms in total. The first-order valence-electron chi connectivity index (χ1n) is 6.53. The van der Waals surface area contributed by atoms with Crippen LogP contribution in [0.25, 0.3) is 0 Å². The van der Waals surface area contributed by atoms with Gasteiger partial charge in [0, 0.05) is 12.1 Å². The number of halogens is 3. The molecule has 0 bridgehead atoms. The van der Waals surface area contributed by atoms with Crippen molar-refractivity contribution in [3.05, 3.63) is 68.8 Å². The fourth-order valence-electron chi connectivity index (χ4n) is 1.51. The Balaban J connectivity index is 0.000000387. The number of nitrogens with zero attached hydrogens (tertiary/aromatic N) is 2. The predicted molar refractivity (Wildman–Crippen MR) is 83.9 cm³/mol. The van der Waals surface area contributed by atoms with Crippen LogP contribution in [0, 0.1) is 20.2 Å². The third kappa shape index (κ3) is 6.19. The van der Waals surface area contributed by atoms with Crippen LogP contribution in [-0.2, 0) is 10.1 Å². The van der Waals surface area contributed by atoms with Gasteiger partial charge in [-0.1, -0.05) is 24.3 Å². The standard InChI is InChI=1S/C12H8N2O5.CHF3O3S/c15-13(16)9-5-1-3-7-11(9)19-12-8-4-2-6-10(12)14(17)18;2-1(3,4)8(5,6)7/h1-8H;(H,5,6,7). The maximum atomic E-state index is 10.8. The second-order valence-corrected chi connectivity index (χ2v) is 5.89. The highest BCUT2D eigenvalue weighted by molar-refractivity contribution is 7.86. The maximum Gasteiger partial charge on any atom is 0.522 e. The summed E-state index contributed by atoms with van der Waals surface area (Å²) in [6, 6.07) is 11.4. The quantitative estimate of drug-likeness (QED) is 0.347. The summed E-state index contributed by atoms with van der Waals surface area (Å²) in [7, 11) is -5.84. The molecule has 146 valence electrons. The monoisotopic (exact) mass is 410 g/mol. The Morgan fingerprint density at radius 1 is 0.852 bits per heavy atom. The van der Waals surface area contributed by atoms with Gasteiger partial charge in [0.15, 0.2) is 0 Å². The smallest absolute Gasteiger partial charge is 0.443 e. The van der Waals surface area contributed by atoms with Gasteiger partial charge in [-0.05, 0) is 12.1 Å². The highest BCUT2D eigenvalue weighted by atomic mass is 32.2. The van der Waals surface area contributed by atoms with E-state index in [-0.39, 0.29) is 22.9 Å². The molecule has 0 radical (unpaired) electrons. The number of para-hydroxylation sites is 4. The minimum absolute atomic E-state index is 0.0400. The zero-order valence-electron chi connectivity index (χ0n) is 12.9. The molecule has 0 aliphatic carbocycles. The largest absolute Gasteiger partial charge is 0.522 e. The molecule has 2 aromatic carbocycles. The van der Waals surface area contributed by atoms with Crippen molar-refractivity contribution < 1.29 is 40.7 Å². The Hall–Kier alpha value is -3.26. The summed E-state index contributed by atoms with van der Waals surface area (Å²) in [5.41, 5.74) is -6.03. The van der Waals surface area contributed by atoms with Crippen LogP contribution in [0.4, 0.5) is 24.5 Å². The zero-order valence-corrected chi connectivity index (χ0v) is 13.7. The molecule has 14 heteroatoms. The topological polar surface area (TPSA) is 150 Å². The normalized spacial score (nSPS) is 11.1. The Kier molecular flexibility index (Phi) is 6.79. The number of hydrogen-bond donors (Lipinski definition) is 1. The zero-order chi connectivity index (χ0) is 20.8. The molecule has 1 N–H and O–H groups in total. The van der Waals surface area contributed by atoms with Gasteiger partial charge in [0.05, 0.1) is 9.85 Å². The van der Waals surface area contributed by atoms with Crippen molar-refractivity contribution >= 4 is 21.5 Å². The van der Waals surface area contributed by atoms with Crippen molar-refractivity contribution in [3.8, 4) is 11.5 Å². The summed E-state index contributed by atoms with van der Waals surface area (Å²) < 4.78 is 62.8. The maximum absolute atomic E-state index is 10.8. The molecule has 2 rings (SSSR count). The first-order chi connectivity index (χ1) is 12.3. The van der Waals surface area contributed by atoms with Crippen LogP contribution in [0.3, 0.4) is 0 Å². The van der Waals surface area contributed by atoms with E-state index in [2.05, 4.69) is 0 Å². The molecular weight excluding hydrogens is 401 g/mol. The molecule has 2 aromatic rings. The summed E-state index contributed by atoms with van der Waals surface area (Å²) >= 11 is 0. The lowest BCUT2D eigenvalue weighted by Crippen LogP contribution is -2.21. The number of ether oxygens (including phenoxy) is 1. The van der Waals surface area contributed by atoms with E-state index in [0.717, 1.165) is 0 Å². The van der Waals surface area contributed by atoms with Crippen molar-refractivity contribution in [1.29, 1.82) is 0 Å². The van der Waals surface area contributed by atoms with E-state index in [0.29, 0.717) is 0 Å². The van der Waals surface area contributed by atoms with Crippen molar-refractivity contribution in [2.75, 3.05) is 0 Å². The van der Waals surface area contributed by atoms with E-state index in [9.17, 15) is 33.4 Å². The van der Waals surface area contributed by atoms with E-state index in [4.69, 9.17) is 17.7 Å². The van der Waals surface area contributed by atoms with E-state index < -0.39 is 25.5 Å². The van der Waals surface area contributed by atoms with Gasteiger partial charge in [-0.2, -0.15) is 21.6 Å². The Labute approximate surface area is 148 Å². The summed E-state index contributed by atoms with van der Waals surface area (Å²) in [6.07, 6.45) is 0. The molecule has 27 heavy (non-hydrogen) atoms. The van der Waals surface area contributed by atoms with Gasteiger partial charge in [-0.25, -0.2) is 0 Å². The minimum atomic E-state index is -5.84. The number of nitro groups is 2. The van der Waals surface area contributed by atoms with Crippen LogP contribution in [0.1, 0.15) is 0 Å². The molecule has 0 spiro atoms. The van der Waals surface area contributed by atoms with Crippen LogP contribution in [0.2, 0.25) is 0 Å². The predicted octanol–water partition coefficient (Wildman–Crippen LogP) is 3.69. The minimum Gasteiger partial charge on any atom is -0.443 e. The van der Waals surface area contributed by atoms with Crippen molar-refractivity contribution in [2.24, 2.45) is 0 Å². The number of alkyl halides is 3. The molecule has 0 unspecified atom stereocenters. The Bertz CT molecular complexity index is 891. The summed E-state index contributed by atoms with van der Waals surface area (Å²) in [6.45, 7) is 0. The van der Waals surface area contributed by atoms with E-state index in [1.54, 1.807) is 12.1 Å². The molecule has 0 atom stereocenters. The number of rotatable bonds is 4. The van der Waals surface area contributed by atoms with Crippen molar-refractivity contribution in [2.45, 2.75) is 5.51 Å². The molecule has 0 aromatic heterocycles. The second kappa shape index (κ2) is 8.41. The summed E-state index contributed by atoms with van der Waals surface area (Å²) in [5, 5.41) is 21.6. The average Bonchev–Trinajstić information content (AvgIpc) is 2.54. The second-order valence-electron chi connectivity index (χ2n) is 4.47. The number of hydrogen-bond acceptors (Lipinski definition) is 7. The van der Waals surface area contributed by atoms with E-state index in [1.807, 2.05) is 0 Å². The van der Waals surface area contributed by atoms with E-state index in [1.165, 1.54) is 36.4 Å². The van der Waals surface area contributed by atoms with Gasteiger partial charge in [-0.15, -0.1) is 0 Å². The third-order valence-corrected chi connectivity index (χ3v) is 3.22. The van der Waals surface area contributed by atoms with Crippen molar-refractivity contribution in [1.82, 2.24) is 0 Å². The lowest BCUT2D eigenvalue weighted by atomic mass is 10.2. The molecule has 0 heterocycles. The average molecular weight is 410 g/mol. The lowest BCUT2D eigenvalue weighted by Gasteiger charge is -2.06. The lowest BCUT2D eigenvalue weighted by molar-refractivity contribution is -0.387. The van der Waals surface area contributed by atoms with Gasteiger partial charge < -0.3 is 4.74 Å². The van der Waals surface area contributed by atoms with Crippen LogP contribution in [0.15, 0.2) is 48.5 Å². The number of nitro benzene ring substituents is 2. The number of benzene rings is 2. The Morgan fingerprint density at radius 3 is 1.41 bits per heavy atom.